The highest BCUT2D eigenvalue weighted by Gasteiger charge is 2.20. The molecule has 1 aromatic rings. The van der Waals surface area contributed by atoms with Gasteiger partial charge in [-0.25, -0.2) is 0 Å². The Hall–Kier alpha value is -0.730. The highest BCUT2D eigenvalue weighted by molar-refractivity contribution is 6.32. The summed E-state index contributed by atoms with van der Waals surface area (Å²) in [7, 11) is 0. The second-order valence-corrected chi connectivity index (χ2v) is 5.35. The maximum Gasteiger partial charge on any atom is 0.142 e. The molecule has 18 heavy (non-hydrogen) atoms. The molecule has 2 nitrogen and oxygen atoms in total. The quantitative estimate of drug-likeness (QED) is 0.714. The molecule has 1 aliphatic rings. The van der Waals surface area contributed by atoms with Gasteiger partial charge in [0.15, 0.2) is 0 Å². The summed E-state index contributed by atoms with van der Waals surface area (Å²) in [5.41, 5.74) is 1.17. The highest BCUT2D eigenvalue weighted by Crippen LogP contribution is 2.30. The number of unbranched alkanes of at least 4 members (excludes halogenated alkanes) is 2. The molecule has 2 rings (SSSR count). The number of hydrogen-bond donors (Lipinski definition) is 1. The first kappa shape index (κ1) is 13.7. The van der Waals surface area contributed by atoms with Gasteiger partial charge in [0.05, 0.1) is 11.6 Å². The maximum absolute atomic E-state index is 6.22. The molecule has 3 heteroatoms. The number of halogens is 1. The monoisotopic (exact) mass is 267 g/mol. The molecule has 1 N–H and O–H groups in total. The van der Waals surface area contributed by atoms with Crippen LogP contribution in [0.2, 0.25) is 5.02 Å². The van der Waals surface area contributed by atoms with E-state index in [0.717, 1.165) is 30.3 Å². The lowest BCUT2D eigenvalue weighted by Crippen LogP contribution is -2.16. The Labute approximate surface area is 115 Å². The van der Waals surface area contributed by atoms with Crippen LogP contribution in [0.5, 0.6) is 5.75 Å². The van der Waals surface area contributed by atoms with Gasteiger partial charge in [0.25, 0.3) is 0 Å². The average Bonchev–Trinajstić information content (AvgIpc) is 3.18. The number of para-hydroxylation sites is 1. The van der Waals surface area contributed by atoms with E-state index in [-0.39, 0.29) is 0 Å². The Bertz CT molecular complexity index is 377. The van der Waals surface area contributed by atoms with Crippen LogP contribution in [0.1, 0.15) is 44.6 Å². The normalized spacial score (nSPS) is 14.8. The van der Waals surface area contributed by atoms with Gasteiger partial charge >= 0.3 is 0 Å². The summed E-state index contributed by atoms with van der Waals surface area (Å²) in [5.74, 6) is 0.864. The molecular weight excluding hydrogens is 246 g/mol. The largest absolute Gasteiger partial charge is 0.492 e. The first-order valence-electron chi connectivity index (χ1n) is 6.95. The molecule has 1 aliphatic carbocycles. The van der Waals surface area contributed by atoms with Crippen LogP contribution in [0.3, 0.4) is 0 Å². The van der Waals surface area contributed by atoms with Gasteiger partial charge in [0, 0.05) is 18.2 Å². The second-order valence-electron chi connectivity index (χ2n) is 4.94. The minimum absolute atomic E-state index is 0.705. The zero-order valence-electron chi connectivity index (χ0n) is 11.0. The predicted molar refractivity (Wildman–Crippen MR) is 76.3 cm³/mol. The van der Waals surface area contributed by atoms with Crippen molar-refractivity contribution in [3.8, 4) is 5.75 Å². The van der Waals surface area contributed by atoms with Gasteiger partial charge in [-0.05, 0) is 25.3 Å². The maximum atomic E-state index is 6.22. The fraction of sp³-hybridized carbons (Fsp3) is 0.600. The molecule has 0 bridgehead atoms. The van der Waals surface area contributed by atoms with Crippen molar-refractivity contribution in [2.75, 3.05) is 6.61 Å². The van der Waals surface area contributed by atoms with Crippen molar-refractivity contribution in [2.45, 2.75) is 51.6 Å². The molecule has 0 heterocycles. The molecule has 0 spiro atoms. The summed E-state index contributed by atoms with van der Waals surface area (Å²) in [6, 6.07) is 6.69. The zero-order chi connectivity index (χ0) is 12.8. The third-order valence-electron chi connectivity index (χ3n) is 3.20. The predicted octanol–water partition coefficient (Wildman–Crippen LogP) is 4.16. The number of benzene rings is 1. The first-order valence-corrected chi connectivity index (χ1v) is 7.32. The summed E-state index contributed by atoms with van der Waals surface area (Å²) in [6.07, 6.45) is 6.11. The molecule has 0 unspecified atom stereocenters. The molecule has 1 saturated carbocycles. The summed E-state index contributed by atoms with van der Waals surface area (Å²) < 4.78 is 5.85. The van der Waals surface area contributed by atoms with E-state index in [4.69, 9.17) is 16.3 Å². The van der Waals surface area contributed by atoms with Crippen molar-refractivity contribution in [3.05, 3.63) is 28.8 Å². The van der Waals surface area contributed by atoms with E-state index in [1.54, 1.807) is 0 Å². The summed E-state index contributed by atoms with van der Waals surface area (Å²) in [6.45, 7) is 3.81. The van der Waals surface area contributed by atoms with Crippen LogP contribution in [0.25, 0.3) is 0 Å². The molecule has 0 aromatic heterocycles. The molecule has 0 atom stereocenters. The van der Waals surface area contributed by atoms with Gasteiger partial charge in [-0.15, -0.1) is 0 Å². The molecule has 0 saturated heterocycles. The minimum atomic E-state index is 0.705. The molecular formula is C15H22ClNO. The van der Waals surface area contributed by atoms with Crippen molar-refractivity contribution in [3.63, 3.8) is 0 Å². The molecule has 0 amide bonds. The summed E-state index contributed by atoms with van der Waals surface area (Å²) in [5, 5.41) is 4.23. The lowest BCUT2D eigenvalue weighted by Gasteiger charge is -2.13. The summed E-state index contributed by atoms with van der Waals surface area (Å²) in [4.78, 5) is 0. The van der Waals surface area contributed by atoms with E-state index in [2.05, 4.69) is 18.3 Å². The fourth-order valence-electron chi connectivity index (χ4n) is 1.92. The number of ether oxygens (including phenoxy) is 1. The van der Waals surface area contributed by atoms with Gasteiger partial charge < -0.3 is 10.1 Å². The van der Waals surface area contributed by atoms with Crippen LogP contribution in [0.4, 0.5) is 0 Å². The van der Waals surface area contributed by atoms with Crippen molar-refractivity contribution in [2.24, 2.45) is 0 Å². The Balaban J connectivity index is 1.91. The van der Waals surface area contributed by atoms with Crippen LogP contribution < -0.4 is 10.1 Å². The Morgan fingerprint density at radius 2 is 2.17 bits per heavy atom. The lowest BCUT2D eigenvalue weighted by atomic mass is 10.2. The van der Waals surface area contributed by atoms with E-state index in [1.165, 1.54) is 31.2 Å². The molecule has 0 aliphatic heterocycles. The number of hydrogen-bond acceptors (Lipinski definition) is 2. The minimum Gasteiger partial charge on any atom is -0.492 e. The topological polar surface area (TPSA) is 21.3 Å². The van der Waals surface area contributed by atoms with Gasteiger partial charge in [0.1, 0.15) is 5.75 Å². The van der Waals surface area contributed by atoms with E-state index < -0.39 is 0 Å². The molecule has 0 radical (unpaired) electrons. The van der Waals surface area contributed by atoms with Crippen LogP contribution in [-0.2, 0) is 6.54 Å². The van der Waals surface area contributed by atoms with Crippen LogP contribution in [0.15, 0.2) is 18.2 Å². The van der Waals surface area contributed by atoms with Crippen molar-refractivity contribution >= 4 is 11.6 Å². The van der Waals surface area contributed by atoms with Crippen molar-refractivity contribution in [1.82, 2.24) is 5.32 Å². The third-order valence-corrected chi connectivity index (χ3v) is 3.50. The Morgan fingerprint density at radius 1 is 1.33 bits per heavy atom. The molecule has 1 fully saturated rings. The van der Waals surface area contributed by atoms with E-state index in [1.807, 2.05) is 12.1 Å². The van der Waals surface area contributed by atoms with Gasteiger partial charge in [0.2, 0.25) is 0 Å². The smallest absolute Gasteiger partial charge is 0.142 e. The highest BCUT2D eigenvalue weighted by atomic mass is 35.5. The van der Waals surface area contributed by atoms with Crippen LogP contribution in [-0.4, -0.2) is 12.6 Å². The van der Waals surface area contributed by atoms with Gasteiger partial charge in [-0.1, -0.05) is 43.5 Å². The van der Waals surface area contributed by atoms with E-state index in [9.17, 15) is 0 Å². The third kappa shape index (κ3) is 4.18. The average molecular weight is 268 g/mol. The number of rotatable bonds is 8. The first-order chi connectivity index (χ1) is 8.81. The number of nitrogens with one attached hydrogen (secondary N) is 1. The lowest BCUT2D eigenvalue weighted by molar-refractivity contribution is 0.302. The van der Waals surface area contributed by atoms with E-state index in [0.29, 0.717) is 6.04 Å². The summed E-state index contributed by atoms with van der Waals surface area (Å²) >= 11 is 6.22. The van der Waals surface area contributed by atoms with Crippen LogP contribution in [0, 0.1) is 0 Å². The van der Waals surface area contributed by atoms with E-state index >= 15 is 0 Å². The zero-order valence-corrected chi connectivity index (χ0v) is 11.8. The SMILES string of the molecule is CCCCCOc1c(Cl)cccc1CNC1CC1. The van der Waals surface area contributed by atoms with Gasteiger partial charge in [-0.3, -0.25) is 0 Å². The Morgan fingerprint density at radius 3 is 2.89 bits per heavy atom. The molecule has 100 valence electrons. The van der Waals surface area contributed by atoms with Gasteiger partial charge in [-0.2, -0.15) is 0 Å². The van der Waals surface area contributed by atoms with Crippen molar-refractivity contribution in [1.29, 1.82) is 0 Å². The second kappa shape index (κ2) is 7.01. The molecule has 1 aromatic carbocycles. The fourth-order valence-corrected chi connectivity index (χ4v) is 2.17. The van der Waals surface area contributed by atoms with Crippen LogP contribution >= 0.6 is 11.6 Å². The van der Waals surface area contributed by atoms with Crippen molar-refractivity contribution < 1.29 is 4.74 Å². The Kier molecular flexibility index (Phi) is 5.33. The standard InChI is InChI=1S/C15H22ClNO/c1-2-3-4-10-18-15-12(6-5-7-14(15)16)11-17-13-8-9-13/h5-7,13,17H,2-4,8-11H2,1H3.